The Kier molecular flexibility index (Phi) is 4.31. The number of hydrogen-bond acceptors (Lipinski definition) is 3. The number of carbonyl (C=O) groups is 2. The van der Waals surface area contributed by atoms with Crippen LogP contribution in [0.5, 0.6) is 0 Å². The predicted octanol–water partition coefficient (Wildman–Crippen LogP) is 3.47. The van der Waals surface area contributed by atoms with Gasteiger partial charge in [0.05, 0.1) is 5.75 Å². The molecule has 0 saturated carbocycles. The van der Waals surface area contributed by atoms with Gasteiger partial charge in [0.25, 0.3) is 0 Å². The summed E-state index contributed by atoms with van der Waals surface area (Å²) < 4.78 is 0. The van der Waals surface area contributed by atoms with E-state index in [1.54, 1.807) is 18.2 Å². The maximum Gasteiger partial charge on any atom is 0.173 e. The third kappa shape index (κ3) is 3.08. The third-order valence-corrected chi connectivity index (χ3v) is 3.59. The monoisotopic (exact) mass is 256 g/mol. The molecule has 0 N–H and O–H groups in total. The molecule has 90 valence electrons. The highest BCUT2D eigenvalue weighted by atomic mass is 32.2. The van der Waals surface area contributed by atoms with Gasteiger partial charge in [0.2, 0.25) is 0 Å². The number of rotatable bonds is 5. The van der Waals surface area contributed by atoms with E-state index in [9.17, 15) is 9.59 Å². The summed E-state index contributed by atoms with van der Waals surface area (Å²) in [7, 11) is 0. The molecule has 0 radical (unpaired) electrons. The highest BCUT2D eigenvalue weighted by Crippen LogP contribution is 2.22. The first-order valence-corrected chi connectivity index (χ1v) is 6.55. The molecule has 0 aliphatic rings. The molecule has 2 nitrogen and oxygen atoms in total. The number of thioether (sulfide) groups is 1. The Morgan fingerprint density at radius 2 is 1.67 bits per heavy atom. The lowest BCUT2D eigenvalue weighted by Gasteiger charge is -2.03. The second-order valence-electron chi connectivity index (χ2n) is 3.73. The summed E-state index contributed by atoms with van der Waals surface area (Å²) in [4.78, 5) is 23.6. The average molecular weight is 256 g/mol. The molecule has 2 aromatic rings. The lowest BCUT2D eigenvalue weighted by molar-refractivity contribution is 0.102. The summed E-state index contributed by atoms with van der Waals surface area (Å²) in [6.45, 7) is 0. The number of carbonyl (C=O) groups excluding carboxylic acids is 2. The van der Waals surface area contributed by atoms with E-state index in [-0.39, 0.29) is 5.78 Å². The second-order valence-corrected chi connectivity index (χ2v) is 4.75. The maximum absolute atomic E-state index is 11.9. The molecule has 0 aliphatic carbocycles. The van der Waals surface area contributed by atoms with E-state index in [0.717, 1.165) is 11.2 Å². The third-order valence-electron chi connectivity index (χ3n) is 2.50. The molecule has 0 fully saturated rings. The van der Waals surface area contributed by atoms with Crippen LogP contribution in [0.15, 0.2) is 59.5 Å². The molecular formula is C15H12O2S. The van der Waals surface area contributed by atoms with Crippen molar-refractivity contribution in [2.45, 2.75) is 4.90 Å². The van der Waals surface area contributed by atoms with Crippen molar-refractivity contribution in [2.24, 2.45) is 0 Å². The molecule has 18 heavy (non-hydrogen) atoms. The van der Waals surface area contributed by atoms with E-state index in [0.29, 0.717) is 16.9 Å². The van der Waals surface area contributed by atoms with E-state index >= 15 is 0 Å². The second kappa shape index (κ2) is 6.17. The number of hydrogen-bond donors (Lipinski definition) is 0. The van der Waals surface area contributed by atoms with Gasteiger partial charge in [-0.05, 0) is 6.07 Å². The molecule has 0 aromatic heterocycles. The van der Waals surface area contributed by atoms with Crippen molar-refractivity contribution >= 4 is 23.8 Å². The Hall–Kier alpha value is -1.87. The van der Waals surface area contributed by atoms with Crippen molar-refractivity contribution in [3.63, 3.8) is 0 Å². The molecule has 0 unspecified atom stereocenters. The van der Waals surface area contributed by atoms with Crippen molar-refractivity contribution in [1.29, 1.82) is 0 Å². The summed E-state index contributed by atoms with van der Waals surface area (Å²) in [6.07, 6.45) is 0.815. The largest absolute Gasteiger partial charge is 0.298 e. The van der Waals surface area contributed by atoms with Crippen molar-refractivity contribution in [1.82, 2.24) is 0 Å². The number of ketones is 1. The first-order chi connectivity index (χ1) is 8.81. The van der Waals surface area contributed by atoms with Crippen LogP contribution in [0, 0.1) is 0 Å². The van der Waals surface area contributed by atoms with Crippen LogP contribution in [0.3, 0.4) is 0 Å². The zero-order valence-electron chi connectivity index (χ0n) is 9.71. The molecular weight excluding hydrogens is 244 g/mol. The first kappa shape index (κ1) is 12.6. The summed E-state index contributed by atoms with van der Waals surface area (Å²) in [5, 5.41) is 0. The average Bonchev–Trinajstić information content (AvgIpc) is 2.46. The SMILES string of the molecule is O=Cc1ccccc1SCC(=O)c1ccccc1. The summed E-state index contributed by atoms with van der Waals surface area (Å²) in [5.74, 6) is 0.413. The van der Waals surface area contributed by atoms with Crippen LogP contribution in [0.1, 0.15) is 20.7 Å². The molecule has 2 aromatic carbocycles. The Morgan fingerprint density at radius 1 is 1.00 bits per heavy atom. The van der Waals surface area contributed by atoms with Crippen LogP contribution < -0.4 is 0 Å². The smallest absolute Gasteiger partial charge is 0.173 e. The van der Waals surface area contributed by atoms with Crippen LogP contribution in [0.2, 0.25) is 0 Å². The molecule has 0 saturated heterocycles. The highest BCUT2D eigenvalue weighted by Gasteiger charge is 2.07. The van der Waals surface area contributed by atoms with E-state index in [4.69, 9.17) is 0 Å². The lowest BCUT2D eigenvalue weighted by Crippen LogP contribution is -2.02. The van der Waals surface area contributed by atoms with Gasteiger partial charge in [-0.2, -0.15) is 0 Å². The first-order valence-electron chi connectivity index (χ1n) is 5.56. The van der Waals surface area contributed by atoms with Gasteiger partial charge in [-0.1, -0.05) is 48.5 Å². The fourth-order valence-electron chi connectivity index (χ4n) is 1.56. The van der Waals surface area contributed by atoms with Gasteiger partial charge in [-0.15, -0.1) is 11.8 Å². The topological polar surface area (TPSA) is 34.1 Å². The number of Topliss-reactive ketones (excluding diaryl/α,β-unsaturated/α-hetero) is 1. The molecule has 0 aliphatic heterocycles. The molecule has 0 spiro atoms. The Bertz CT molecular complexity index is 549. The van der Waals surface area contributed by atoms with E-state index < -0.39 is 0 Å². The Morgan fingerprint density at radius 3 is 2.39 bits per heavy atom. The van der Waals surface area contributed by atoms with Crippen LogP contribution >= 0.6 is 11.8 Å². The minimum absolute atomic E-state index is 0.0707. The molecule has 0 amide bonds. The van der Waals surface area contributed by atoms with Gasteiger partial charge in [0.1, 0.15) is 0 Å². The van der Waals surface area contributed by atoms with Crippen LogP contribution in [-0.4, -0.2) is 17.8 Å². The zero-order chi connectivity index (χ0) is 12.8. The molecule has 2 rings (SSSR count). The fourth-order valence-corrected chi connectivity index (χ4v) is 2.47. The normalized spacial score (nSPS) is 10.0. The minimum atomic E-state index is 0.0707. The molecule has 0 heterocycles. The lowest BCUT2D eigenvalue weighted by atomic mass is 10.2. The number of benzene rings is 2. The summed E-state index contributed by atoms with van der Waals surface area (Å²) >= 11 is 1.39. The van der Waals surface area contributed by atoms with Crippen LogP contribution in [-0.2, 0) is 0 Å². The van der Waals surface area contributed by atoms with Crippen LogP contribution in [0.25, 0.3) is 0 Å². The van der Waals surface area contributed by atoms with Gasteiger partial charge in [-0.3, -0.25) is 9.59 Å². The molecule has 0 bridgehead atoms. The van der Waals surface area contributed by atoms with Gasteiger partial charge < -0.3 is 0 Å². The Balaban J connectivity index is 2.04. The van der Waals surface area contributed by atoms with Crippen molar-refractivity contribution in [3.8, 4) is 0 Å². The van der Waals surface area contributed by atoms with Crippen molar-refractivity contribution in [3.05, 3.63) is 65.7 Å². The van der Waals surface area contributed by atoms with Crippen LogP contribution in [0.4, 0.5) is 0 Å². The van der Waals surface area contributed by atoms with Gasteiger partial charge in [0.15, 0.2) is 12.1 Å². The van der Waals surface area contributed by atoms with E-state index in [1.807, 2.05) is 36.4 Å². The van der Waals surface area contributed by atoms with Crippen molar-refractivity contribution < 1.29 is 9.59 Å². The van der Waals surface area contributed by atoms with Gasteiger partial charge in [0, 0.05) is 16.0 Å². The fraction of sp³-hybridized carbons (Fsp3) is 0.0667. The number of aldehydes is 1. The quantitative estimate of drug-likeness (QED) is 0.466. The molecule has 3 heteroatoms. The molecule has 0 atom stereocenters. The zero-order valence-corrected chi connectivity index (χ0v) is 10.5. The van der Waals surface area contributed by atoms with Gasteiger partial charge >= 0.3 is 0 Å². The standard InChI is InChI=1S/C15H12O2S/c16-10-13-8-4-5-9-15(13)18-11-14(17)12-6-2-1-3-7-12/h1-10H,11H2. The summed E-state index contributed by atoms with van der Waals surface area (Å²) in [5.41, 5.74) is 1.33. The maximum atomic E-state index is 11.9. The van der Waals surface area contributed by atoms with Gasteiger partial charge in [-0.25, -0.2) is 0 Å². The minimum Gasteiger partial charge on any atom is -0.298 e. The Labute approximate surface area is 110 Å². The highest BCUT2D eigenvalue weighted by molar-refractivity contribution is 8.00. The van der Waals surface area contributed by atoms with E-state index in [2.05, 4.69) is 0 Å². The van der Waals surface area contributed by atoms with E-state index in [1.165, 1.54) is 11.8 Å². The summed E-state index contributed by atoms with van der Waals surface area (Å²) in [6, 6.07) is 16.5. The predicted molar refractivity (Wildman–Crippen MR) is 73.3 cm³/mol. The van der Waals surface area contributed by atoms with Crippen molar-refractivity contribution in [2.75, 3.05) is 5.75 Å².